The minimum Gasteiger partial charge on any atom is -0.478 e. The zero-order chi connectivity index (χ0) is 18.2. The molecule has 0 aliphatic rings. The average molecular weight is 340 g/mol. The summed E-state index contributed by atoms with van der Waals surface area (Å²) < 4.78 is 0. The van der Waals surface area contributed by atoms with Gasteiger partial charge < -0.3 is 16.2 Å². The first-order valence-electron chi connectivity index (χ1n) is 8.45. The Morgan fingerprint density at radius 2 is 1.76 bits per heavy atom. The van der Waals surface area contributed by atoms with Gasteiger partial charge in [0.1, 0.15) is 0 Å². The number of carbonyl (C=O) groups excluding carboxylic acids is 1. The fraction of sp³-hybridized carbons (Fsp3) is 0.300. The molecule has 0 radical (unpaired) electrons. The van der Waals surface area contributed by atoms with Crippen LogP contribution in [0.1, 0.15) is 41.6 Å². The highest BCUT2D eigenvalue weighted by atomic mass is 16.4. The van der Waals surface area contributed by atoms with Crippen LogP contribution in [0, 0.1) is 6.92 Å². The molecule has 2 rings (SSSR count). The molecule has 0 bridgehead atoms. The van der Waals surface area contributed by atoms with Crippen molar-refractivity contribution in [3.8, 4) is 11.1 Å². The number of aromatic carboxylic acids is 1. The number of anilines is 1. The molecular weight excluding hydrogens is 316 g/mol. The van der Waals surface area contributed by atoms with Gasteiger partial charge in [0, 0.05) is 12.1 Å². The molecule has 0 aromatic heterocycles. The molecule has 2 aromatic rings. The molecule has 0 unspecified atom stereocenters. The largest absolute Gasteiger partial charge is 0.478 e. The minimum atomic E-state index is -0.931. The highest BCUT2D eigenvalue weighted by Gasteiger charge is 2.08. The van der Waals surface area contributed by atoms with E-state index in [0.29, 0.717) is 13.0 Å². The lowest BCUT2D eigenvalue weighted by atomic mass is 9.98. The molecular formula is C20H24N2O3. The van der Waals surface area contributed by atoms with Gasteiger partial charge in [-0.15, -0.1) is 0 Å². The van der Waals surface area contributed by atoms with Crippen LogP contribution >= 0.6 is 0 Å². The quantitative estimate of drug-likeness (QED) is 0.637. The number of rotatable bonds is 8. The summed E-state index contributed by atoms with van der Waals surface area (Å²) in [6, 6.07) is 12.6. The maximum atomic E-state index is 11.9. The smallest absolute Gasteiger partial charge is 0.335 e. The normalized spacial score (nSPS) is 10.5. The molecule has 25 heavy (non-hydrogen) atoms. The number of unbranched alkanes of at least 4 members (excludes halogenated alkanes) is 2. The maximum absolute atomic E-state index is 11.9. The minimum absolute atomic E-state index is 0.00626. The summed E-state index contributed by atoms with van der Waals surface area (Å²) in [5.74, 6) is -0.925. The van der Waals surface area contributed by atoms with E-state index >= 15 is 0 Å². The van der Waals surface area contributed by atoms with Gasteiger partial charge in [0.15, 0.2) is 0 Å². The van der Waals surface area contributed by atoms with Crippen molar-refractivity contribution in [2.75, 3.05) is 11.9 Å². The summed E-state index contributed by atoms with van der Waals surface area (Å²) in [6.45, 7) is 2.55. The average Bonchev–Trinajstić information content (AvgIpc) is 2.59. The van der Waals surface area contributed by atoms with Crippen LogP contribution in [0.5, 0.6) is 0 Å². The van der Waals surface area contributed by atoms with Crippen LogP contribution in [0.25, 0.3) is 11.1 Å². The molecule has 5 heteroatoms. The molecule has 0 fully saturated rings. The number of carbonyl (C=O) groups is 2. The second kappa shape index (κ2) is 8.99. The van der Waals surface area contributed by atoms with Crippen molar-refractivity contribution < 1.29 is 14.7 Å². The van der Waals surface area contributed by atoms with Crippen LogP contribution < -0.4 is 11.1 Å². The zero-order valence-corrected chi connectivity index (χ0v) is 14.4. The van der Waals surface area contributed by atoms with Crippen molar-refractivity contribution in [3.63, 3.8) is 0 Å². The van der Waals surface area contributed by atoms with E-state index in [-0.39, 0.29) is 11.5 Å². The Morgan fingerprint density at radius 3 is 2.36 bits per heavy atom. The Hall–Kier alpha value is -2.66. The lowest BCUT2D eigenvalue weighted by Gasteiger charge is -2.09. The van der Waals surface area contributed by atoms with E-state index in [1.54, 1.807) is 12.1 Å². The molecule has 132 valence electrons. The number of amides is 1. The van der Waals surface area contributed by atoms with Crippen LogP contribution in [0.3, 0.4) is 0 Å². The highest BCUT2D eigenvalue weighted by molar-refractivity contribution is 5.91. The van der Waals surface area contributed by atoms with Gasteiger partial charge in [0.25, 0.3) is 0 Å². The standard InChI is InChI=1S/C20H24N2O3/c1-14-13-16(20(24)25)8-11-18(14)15-6-9-17(10-7-15)22-19(23)5-3-2-4-12-21/h6-11,13H,2-5,12,21H2,1H3,(H,22,23)(H,24,25). The molecule has 2 aromatic carbocycles. The number of hydrogen-bond donors (Lipinski definition) is 3. The molecule has 0 saturated carbocycles. The highest BCUT2D eigenvalue weighted by Crippen LogP contribution is 2.26. The third-order valence-corrected chi connectivity index (χ3v) is 4.06. The van der Waals surface area contributed by atoms with Crippen LogP contribution in [0.2, 0.25) is 0 Å². The Morgan fingerprint density at radius 1 is 1.04 bits per heavy atom. The predicted octanol–water partition coefficient (Wildman–Crippen LogP) is 3.82. The predicted molar refractivity (Wildman–Crippen MR) is 99.7 cm³/mol. The molecule has 0 aliphatic heterocycles. The zero-order valence-electron chi connectivity index (χ0n) is 14.4. The van der Waals surface area contributed by atoms with Gasteiger partial charge in [-0.05, 0) is 67.3 Å². The number of nitrogens with two attached hydrogens (primary N) is 1. The summed E-state index contributed by atoms with van der Waals surface area (Å²) in [4.78, 5) is 22.9. The number of benzene rings is 2. The van der Waals surface area contributed by atoms with E-state index in [1.165, 1.54) is 0 Å². The molecule has 1 amide bonds. The molecule has 5 nitrogen and oxygen atoms in total. The Balaban J connectivity index is 2.00. The molecule has 4 N–H and O–H groups in total. The topological polar surface area (TPSA) is 92.4 Å². The molecule has 0 aliphatic carbocycles. The van der Waals surface area contributed by atoms with Crippen molar-refractivity contribution >= 4 is 17.6 Å². The lowest BCUT2D eigenvalue weighted by molar-refractivity contribution is -0.116. The van der Waals surface area contributed by atoms with Gasteiger partial charge in [-0.2, -0.15) is 0 Å². The van der Waals surface area contributed by atoms with E-state index in [0.717, 1.165) is 41.6 Å². The van der Waals surface area contributed by atoms with Gasteiger partial charge in [-0.1, -0.05) is 24.6 Å². The third kappa shape index (κ3) is 5.43. The first kappa shape index (κ1) is 18.7. The lowest BCUT2D eigenvalue weighted by Crippen LogP contribution is -2.11. The summed E-state index contributed by atoms with van der Waals surface area (Å²) in [5.41, 5.74) is 9.33. The fourth-order valence-corrected chi connectivity index (χ4v) is 2.68. The summed E-state index contributed by atoms with van der Waals surface area (Å²) in [6.07, 6.45) is 3.25. The van der Waals surface area contributed by atoms with E-state index in [1.807, 2.05) is 37.3 Å². The number of carboxylic acids is 1. The van der Waals surface area contributed by atoms with Gasteiger partial charge >= 0.3 is 5.97 Å². The summed E-state index contributed by atoms with van der Waals surface area (Å²) >= 11 is 0. The second-order valence-electron chi connectivity index (χ2n) is 6.06. The third-order valence-electron chi connectivity index (χ3n) is 4.06. The van der Waals surface area contributed by atoms with Gasteiger partial charge in [0.2, 0.25) is 5.91 Å². The number of nitrogens with one attached hydrogen (secondary N) is 1. The molecule has 0 atom stereocenters. The van der Waals surface area contributed by atoms with Crippen LogP contribution in [-0.4, -0.2) is 23.5 Å². The maximum Gasteiger partial charge on any atom is 0.335 e. The van der Waals surface area contributed by atoms with Gasteiger partial charge in [0.05, 0.1) is 5.56 Å². The first-order valence-corrected chi connectivity index (χ1v) is 8.45. The SMILES string of the molecule is Cc1cc(C(=O)O)ccc1-c1ccc(NC(=O)CCCCCN)cc1. The van der Waals surface area contributed by atoms with Crippen LogP contribution in [-0.2, 0) is 4.79 Å². The number of carboxylic acid groups (broad SMARTS) is 1. The van der Waals surface area contributed by atoms with Crippen molar-refractivity contribution in [1.82, 2.24) is 0 Å². The van der Waals surface area contributed by atoms with E-state index < -0.39 is 5.97 Å². The van der Waals surface area contributed by atoms with Crippen LogP contribution in [0.15, 0.2) is 42.5 Å². The summed E-state index contributed by atoms with van der Waals surface area (Å²) in [5, 5.41) is 11.9. The van der Waals surface area contributed by atoms with Crippen molar-refractivity contribution in [3.05, 3.63) is 53.6 Å². The fourth-order valence-electron chi connectivity index (χ4n) is 2.68. The van der Waals surface area contributed by atoms with E-state index in [4.69, 9.17) is 10.8 Å². The second-order valence-corrected chi connectivity index (χ2v) is 6.06. The summed E-state index contributed by atoms with van der Waals surface area (Å²) in [7, 11) is 0. The number of aryl methyl sites for hydroxylation is 1. The molecule has 0 saturated heterocycles. The molecule has 0 heterocycles. The van der Waals surface area contributed by atoms with Gasteiger partial charge in [-0.25, -0.2) is 4.79 Å². The Labute approximate surface area is 147 Å². The van der Waals surface area contributed by atoms with Crippen LogP contribution in [0.4, 0.5) is 5.69 Å². The molecule has 0 spiro atoms. The van der Waals surface area contributed by atoms with Crippen molar-refractivity contribution in [1.29, 1.82) is 0 Å². The van der Waals surface area contributed by atoms with Crippen molar-refractivity contribution in [2.24, 2.45) is 5.73 Å². The van der Waals surface area contributed by atoms with E-state index in [9.17, 15) is 9.59 Å². The number of hydrogen-bond acceptors (Lipinski definition) is 3. The first-order chi connectivity index (χ1) is 12.0. The van der Waals surface area contributed by atoms with Gasteiger partial charge in [-0.3, -0.25) is 4.79 Å². The Bertz CT molecular complexity index is 739. The van der Waals surface area contributed by atoms with Crippen molar-refractivity contribution in [2.45, 2.75) is 32.6 Å². The Kier molecular flexibility index (Phi) is 6.71. The monoisotopic (exact) mass is 340 g/mol. The van der Waals surface area contributed by atoms with E-state index in [2.05, 4.69) is 5.32 Å².